The lowest BCUT2D eigenvalue weighted by atomic mass is 10.2. The minimum atomic E-state index is -3.07. The van der Waals surface area contributed by atoms with Gasteiger partial charge in [-0.15, -0.1) is 0 Å². The largest absolute Gasteiger partial charge is 0.382 e. The second-order valence-corrected chi connectivity index (χ2v) is 10.0. The van der Waals surface area contributed by atoms with E-state index in [0.717, 1.165) is 16.9 Å². The number of nitrogen functional groups attached to an aromatic ring is 2. The van der Waals surface area contributed by atoms with Gasteiger partial charge in [-0.2, -0.15) is 9.97 Å². The van der Waals surface area contributed by atoms with Crippen molar-refractivity contribution < 1.29 is 13.6 Å². The molecule has 5 N–H and O–H groups in total. The monoisotopic (exact) mass is 488 g/mol. The Balaban J connectivity index is 1.57. The molecule has 34 heavy (non-hydrogen) atoms. The van der Waals surface area contributed by atoms with E-state index in [1.165, 1.54) is 0 Å². The SMILES string of the molecule is CCOP(=O)(CC(C)NCc1ccc(N(C)Cc2cnc3nc(N)nc(N)c3n2)cc1)OCC. The van der Waals surface area contributed by atoms with Crippen LogP contribution < -0.4 is 21.7 Å². The van der Waals surface area contributed by atoms with Crippen molar-refractivity contribution in [2.45, 2.75) is 39.9 Å². The second-order valence-electron chi connectivity index (χ2n) is 7.93. The van der Waals surface area contributed by atoms with Crippen molar-refractivity contribution in [1.29, 1.82) is 0 Å². The Morgan fingerprint density at radius 2 is 1.76 bits per heavy atom. The van der Waals surface area contributed by atoms with Crippen LogP contribution in [0.15, 0.2) is 30.5 Å². The van der Waals surface area contributed by atoms with Crippen LogP contribution in [-0.2, 0) is 26.7 Å². The molecule has 184 valence electrons. The average Bonchev–Trinajstić information content (AvgIpc) is 2.78. The van der Waals surface area contributed by atoms with E-state index in [2.05, 4.69) is 42.3 Å². The minimum Gasteiger partial charge on any atom is -0.382 e. The first-order chi connectivity index (χ1) is 16.2. The van der Waals surface area contributed by atoms with E-state index in [9.17, 15) is 4.57 Å². The normalized spacial score (nSPS) is 12.7. The number of benzene rings is 1. The molecule has 11 nitrogen and oxygen atoms in total. The molecule has 12 heteroatoms. The minimum absolute atomic E-state index is 0.0236. The standard InChI is InChI=1S/C22H33N8O3P/c1-5-32-34(31,33-6-2)14-15(3)25-11-16-7-9-18(10-8-16)30(4)13-17-12-26-21-19(27-17)20(23)28-22(24)29-21/h7-10,12,15,25H,5-6,11,13-14H2,1-4H3,(H4,23,24,26,28,29). The molecule has 0 aliphatic rings. The third kappa shape index (κ3) is 6.83. The molecule has 2 aromatic heterocycles. The second kappa shape index (κ2) is 11.5. The molecule has 1 unspecified atom stereocenters. The topological polar surface area (TPSA) is 154 Å². The third-order valence-electron chi connectivity index (χ3n) is 5.08. The van der Waals surface area contributed by atoms with Crippen molar-refractivity contribution in [2.75, 3.05) is 42.8 Å². The zero-order valence-electron chi connectivity index (χ0n) is 20.1. The molecular weight excluding hydrogens is 455 g/mol. The highest BCUT2D eigenvalue weighted by atomic mass is 31.2. The van der Waals surface area contributed by atoms with Gasteiger partial charge in [-0.3, -0.25) is 4.57 Å². The van der Waals surface area contributed by atoms with E-state index in [1.807, 2.05) is 40.0 Å². The van der Waals surface area contributed by atoms with Crippen molar-refractivity contribution >= 4 is 36.2 Å². The first kappa shape index (κ1) is 25.8. The van der Waals surface area contributed by atoms with Gasteiger partial charge in [0.25, 0.3) is 0 Å². The van der Waals surface area contributed by atoms with Gasteiger partial charge >= 0.3 is 7.60 Å². The van der Waals surface area contributed by atoms with Crippen LogP contribution in [-0.4, -0.2) is 52.4 Å². The zero-order valence-corrected chi connectivity index (χ0v) is 21.0. The lowest BCUT2D eigenvalue weighted by Gasteiger charge is -2.22. The van der Waals surface area contributed by atoms with Crippen molar-refractivity contribution in [2.24, 2.45) is 0 Å². The number of rotatable bonds is 12. The Hall–Kier alpha value is -2.85. The Labute approximate surface area is 199 Å². The lowest BCUT2D eigenvalue weighted by Crippen LogP contribution is -2.29. The highest BCUT2D eigenvalue weighted by Gasteiger charge is 2.26. The summed E-state index contributed by atoms with van der Waals surface area (Å²) in [5.74, 6) is 0.287. The van der Waals surface area contributed by atoms with Crippen LogP contribution in [0.25, 0.3) is 11.2 Å². The lowest BCUT2D eigenvalue weighted by molar-refractivity contribution is 0.217. The van der Waals surface area contributed by atoms with Gasteiger partial charge in [0.15, 0.2) is 17.0 Å². The molecule has 0 radical (unpaired) electrons. The van der Waals surface area contributed by atoms with Gasteiger partial charge in [0.05, 0.1) is 37.8 Å². The van der Waals surface area contributed by atoms with E-state index in [-0.39, 0.29) is 17.8 Å². The van der Waals surface area contributed by atoms with Gasteiger partial charge in [0.1, 0.15) is 0 Å². The van der Waals surface area contributed by atoms with E-state index >= 15 is 0 Å². The maximum absolute atomic E-state index is 12.7. The van der Waals surface area contributed by atoms with Crippen molar-refractivity contribution in [3.05, 3.63) is 41.7 Å². The molecule has 0 amide bonds. The van der Waals surface area contributed by atoms with Gasteiger partial charge in [-0.05, 0) is 38.5 Å². The van der Waals surface area contributed by atoms with Crippen LogP contribution in [0.1, 0.15) is 32.0 Å². The molecule has 0 saturated heterocycles. The molecule has 2 heterocycles. The fourth-order valence-corrected chi connectivity index (χ4v) is 5.36. The molecule has 3 aromatic rings. The van der Waals surface area contributed by atoms with Gasteiger partial charge in [0, 0.05) is 25.3 Å². The van der Waals surface area contributed by atoms with Gasteiger partial charge in [-0.25, -0.2) is 9.97 Å². The zero-order chi connectivity index (χ0) is 24.7. The van der Waals surface area contributed by atoms with Crippen molar-refractivity contribution in [3.63, 3.8) is 0 Å². The number of aromatic nitrogens is 4. The maximum Gasteiger partial charge on any atom is 0.332 e. The van der Waals surface area contributed by atoms with Gasteiger partial charge in [-0.1, -0.05) is 12.1 Å². The Kier molecular flexibility index (Phi) is 8.73. The summed E-state index contributed by atoms with van der Waals surface area (Å²) >= 11 is 0. The maximum atomic E-state index is 12.7. The average molecular weight is 489 g/mol. The predicted molar refractivity (Wildman–Crippen MR) is 135 cm³/mol. The summed E-state index contributed by atoms with van der Waals surface area (Å²) in [7, 11) is -1.10. The first-order valence-electron chi connectivity index (χ1n) is 11.2. The number of hydrogen-bond donors (Lipinski definition) is 3. The number of nitrogens with two attached hydrogens (primary N) is 2. The van der Waals surface area contributed by atoms with Crippen molar-refractivity contribution in [3.8, 4) is 0 Å². The summed E-state index contributed by atoms with van der Waals surface area (Å²) in [4.78, 5) is 18.9. The Bertz CT molecular complexity index is 1130. The van der Waals surface area contributed by atoms with E-state index in [4.69, 9.17) is 20.5 Å². The van der Waals surface area contributed by atoms with Crippen LogP contribution in [0.5, 0.6) is 0 Å². The van der Waals surface area contributed by atoms with Crippen LogP contribution >= 0.6 is 7.60 Å². The van der Waals surface area contributed by atoms with Crippen molar-refractivity contribution in [1.82, 2.24) is 25.3 Å². The number of anilines is 3. The summed E-state index contributed by atoms with van der Waals surface area (Å²) in [6, 6.07) is 8.16. The molecule has 3 rings (SSSR count). The fraction of sp³-hybridized carbons (Fsp3) is 0.455. The Morgan fingerprint density at radius 1 is 1.09 bits per heavy atom. The molecular formula is C22H33N8O3P. The summed E-state index contributed by atoms with van der Waals surface area (Å²) < 4.78 is 23.4. The van der Waals surface area contributed by atoms with Crippen LogP contribution in [0.2, 0.25) is 0 Å². The van der Waals surface area contributed by atoms with Crippen LogP contribution in [0.3, 0.4) is 0 Å². The van der Waals surface area contributed by atoms with Gasteiger partial charge in [0.2, 0.25) is 5.95 Å². The molecule has 0 saturated carbocycles. The quantitative estimate of drug-likeness (QED) is 0.322. The summed E-state index contributed by atoms with van der Waals surface area (Å²) in [5, 5.41) is 3.39. The van der Waals surface area contributed by atoms with E-state index < -0.39 is 7.60 Å². The first-order valence-corrected chi connectivity index (χ1v) is 12.9. The molecule has 0 fully saturated rings. The Morgan fingerprint density at radius 3 is 2.41 bits per heavy atom. The molecule has 0 bridgehead atoms. The number of nitrogens with zero attached hydrogens (tertiary/aromatic N) is 5. The number of nitrogens with one attached hydrogen (secondary N) is 1. The summed E-state index contributed by atoms with van der Waals surface area (Å²) in [6.07, 6.45) is 1.98. The third-order valence-corrected chi connectivity index (χ3v) is 7.38. The molecule has 1 atom stereocenters. The van der Waals surface area contributed by atoms with Crippen LogP contribution in [0.4, 0.5) is 17.5 Å². The summed E-state index contributed by atoms with van der Waals surface area (Å²) in [6.45, 7) is 7.50. The molecule has 0 aliphatic carbocycles. The molecule has 0 spiro atoms. The number of hydrogen-bond acceptors (Lipinski definition) is 11. The smallest absolute Gasteiger partial charge is 0.332 e. The fourth-order valence-electron chi connectivity index (χ4n) is 3.49. The highest BCUT2D eigenvalue weighted by Crippen LogP contribution is 2.48. The van der Waals surface area contributed by atoms with Gasteiger partial charge < -0.3 is 30.7 Å². The summed E-state index contributed by atoms with van der Waals surface area (Å²) in [5.41, 5.74) is 15.2. The molecule has 0 aliphatic heterocycles. The van der Waals surface area contributed by atoms with E-state index in [0.29, 0.717) is 43.6 Å². The van der Waals surface area contributed by atoms with E-state index in [1.54, 1.807) is 6.20 Å². The van der Waals surface area contributed by atoms with Crippen LogP contribution in [0, 0.1) is 0 Å². The molecule has 1 aromatic carbocycles. The highest BCUT2D eigenvalue weighted by molar-refractivity contribution is 7.53. The number of fused-ring (bicyclic) bond motifs is 1. The predicted octanol–water partition coefficient (Wildman–Crippen LogP) is 2.96.